The van der Waals surface area contributed by atoms with E-state index in [9.17, 15) is 4.79 Å². The van der Waals surface area contributed by atoms with E-state index < -0.39 is 0 Å². The first kappa shape index (κ1) is 20.5. The molecule has 1 amide bonds. The molecular weight excluding hydrogens is 396 g/mol. The van der Waals surface area contributed by atoms with E-state index in [2.05, 4.69) is 48.3 Å². The summed E-state index contributed by atoms with van der Waals surface area (Å²) in [6.07, 6.45) is 0. The monoisotopic (exact) mass is 420 g/mol. The molecule has 0 spiro atoms. The normalized spacial score (nSPS) is 14.0. The van der Waals surface area contributed by atoms with E-state index >= 15 is 0 Å². The molecule has 1 aromatic heterocycles. The molecule has 0 radical (unpaired) electrons. The van der Waals surface area contributed by atoms with Crippen LogP contribution in [0.1, 0.15) is 11.1 Å². The number of hydrogen-bond acceptors (Lipinski definition) is 6. The first-order valence-corrected chi connectivity index (χ1v) is 11.0. The molecule has 0 bridgehead atoms. The second kappa shape index (κ2) is 9.36. The van der Waals surface area contributed by atoms with Gasteiger partial charge in [0.25, 0.3) is 0 Å². The van der Waals surface area contributed by atoms with Gasteiger partial charge in [0, 0.05) is 24.2 Å². The van der Waals surface area contributed by atoms with Crippen LogP contribution < -0.4 is 0 Å². The van der Waals surface area contributed by atoms with Crippen molar-refractivity contribution < 1.29 is 9.53 Å². The number of nitrogens with zero attached hydrogens (tertiary/aromatic N) is 4. The lowest BCUT2D eigenvalue weighted by molar-refractivity contribution is -0.132. The fourth-order valence-electron chi connectivity index (χ4n) is 3.22. The quantitative estimate of drug-likeness (QED) is 0.585. The minimum absolute atomic E-state index is 0.0754. The minimum atomic E-state index is 0.0754. The topological polar surface area (TPSA) is 68.2 Å². The highest BCUT2D eigenvalue weighted by molar-refractivity contribution is 7.99. The Kier molecular flexibility index (Phi) is 6.40. The predicted molar refractivity (Wildman–Crippen MR) is 118 cm³/mol. The van der Waals surface area contributed by atoms with Gasteiger partial charge in [0.15, 0.2) is 0 Å². The van der Waals surface area contributed by atoms with E-state index in [-0.39, 0.29) is 5.91 Å². The highest BCUT2D eigenvalue weighted by Gasteiger charge is 2.19. The molecule has 6 nitrogen and oxygen atoms in total. The van der Waals surface area contributed by atoms with Crippen LogP contribution in [-0.4, -0.2) is 58.0 Å². The summed E-state index contributed by atoms with van der Waals surface area (Å²) in [6, 6.07) is 16.4. The number of carbonyl (C=O) groups excluding carboxylic acids is 1. The number of hydrogen-bond donors (Lipinski definition) is 0. The zero-order valence-electron chi connectivity index (χ0n) is 17.2. The molecule has 2 aromatic carbocycles. The van der Waals surface area contributed by atoms with Crippen molar-refractivity contribution >= 4 is 17.7 Å². The lowest BCUT2D eigenvalue weighted by Gasteiger charge is -2.26. The molecule has 3 aromatic rings. The standard InChI is InChI=1S/C23H24N4O2S/c1-16-3-7-18(8-4-16)21-22(19-9-5-17(2)6-10-19)25-26-23(24-21)30-15-20(28)27-11-13-29-14-12-27/h3-10H,11-15H2,1-2H3. The Morgan fingerprint density at radius 2 is 1.47 bits per heavy atom. The lowest BCUT2D eigenvalue weighted by Crippen LogP contribution is -2.41. The molecule has 2 heterocycles. The fourth-order valence-corrected chi connectivity index (χ4v) is 3.91. The Morgan fingerprint density at radius 1 is 0.900 bits per heavy atom. The number of morpholine rings is 1. The summed E-state index contributed by atoms with van der Waals surface area (Å²) in [5.41, 5.74) is 5.83. The molecule has 0 N–H and O–H groups in total. The maximum Gasteiger partial charge on any atom is 0.233 e. The second-order valence-electron chi connectivity index (χ2n) is 7.31. The molecule has 30 heavy (non-hydrogen) atoms. The summed E-state index contributed by atoms with van der Waals surface area (Å²) < 4.78 is 5.31. The molecule has 0 aliphatic carbocycles. The molecular formula is C23H24N4O2S. The zero-order valence-corrected chi connectivity index (χ0v) is 18.0. The van der Waals surface area contributed by atoms with Gasteiger partial charge in [-0.3, -0.25) is 4.79 Å². The molecule has 1 aliphatic rings. The third-order valence-corrected chi connectivity index (χ3v) is 5.83. The van der Waals surface area contributed by atoms with E-state index in [1.165, 1.54) is 22.9 Å². The maximum absolute atomic E-state index is 12.5. The van der Waals surface area contributed by atoms with Gasteiger partial charge in [-0.1, -0.05) is 71.4 Å². The van der Waals surface area contributed by atoms with E-state index in [4.69, 9.17) is 9.72 Å². The summed E-state index contributed by atoms with van der Waals surface area (Å²) in [5.74, 6) is 0.366. The minimum Gasteiger partial charge on any atom is -0.378 e. The zero-order chi connectivity index (χ0) is 20.9. The summed E-state index contributed by atoms with van der Waals surface area (Å²) >= 11 is 1.32. The van der Waals surface area contributed by atoms with Gasteiger partial charge in [-0.15, -0.1) is 10.2 Å². The molecule has 1 fully saturated rings. The number of thioether (sulfide) groups is 1. The number of aromatic nitrogens is 3. The SMILES string of the molecule is Cc1ccc(-c2nnc(SCC(=O)N3CCOCC3)nc2-c2ccc(C)cc2)cc1. The average Bonchev–Trinajstić information content (AvgIpc) is 2.79. The molecule has 0 unspecified atom stereocenters. The van der Waals surface area contributed by atoms with Gasteiger partial charge >= 0.3 is 0 Å². The van der Waals surface area contributed by atoms with E-state index in [0.29, 0.717) is 37.2 Å². The summed E-state index contributed by atoms with van der Waals surface area (Å²) in [6.45, 7) is 6.58. The molecule has 0 saturated carbocycles. The third-order valence-electron chi connectivity index (χ3n) is 5.01. The van der Waals surface area contributed by atoms with Crippen molar-refractivity contribution in [3.63, 3.8) is 0 Å². The molecule has 0 atom stereocenters. The molecule has 7 heteroatoms. The molecule has 1 aliphatic heterocycles. The van der Waals surface area contributed by atoms with Crippen molar-refractivity contribution in [2.45, 2.75) is 19.0 Å². The van der Waals surface area contributed by atoms with Gasteiger partial charge in [0.2, 0.25) is 11.1 Å². The molecule has 1 saturated heterocycles. The Morgan fingerprint density at radius 3 is 2.07 bits per heavy atom. The highest BCUT2D eigenvalue weighted by atomic mass is 32.2. The smallest absolute Gasteiger partial charge is 0.233 e. The van der Waals surface area contributed by atoms with Crippen molar-refractivity contribution in [1.29, 1.82) is 0 Å². The number of benzene rings is 2. The highest BCUT2D eigenvalue weighted by Crippen LogP contribution is 2.30. The number of rotatable bonds is 5. The third kappa shape index (κ3) is 4.86. The van der Waals surface area contributed by atoms with Crippen molar-refractivity contribution in [2.75, 3.05) is 32.1 Å². The van der Waals surface area contributed by atoms with E-state index in [0.717, 1.165) is 22.5 Å². The lowest BCUT2D eigenvalue weighted by atomic mass is 10.0. The van der Waals surface area contributed by atoms with Crippen molar-refractivity contribution in [1.82, 2.24) is 20.1 Å². The Labute approximate surface area is 180 Å². The number of amides is 1. The summed E-state index contributed by atoms with van der Waals surface area (Å²) in [7, 11) is 0. The van der Waals surface area contributed by atoms with Gasteiger partial charge in [-0.25, -0.2) is 4.98 Å². The van der Waals surface area contributed by atoms with Gasteiger partial charge in [-0.2, -0.15) is 0 Å². The van der Waals surface area contributed by atoms with Crippen LogP contribution in [-0.2, 0) is 9.53 Å². The van der Waals surface area contributed by atoms with Crippen molar-refractivity contribution in [3.8, 4) is 22.5 Å². The predicted octanol–water partition coefficient (Wildman–Crippen LogP) is 3.77. The first-order chi connectivity index (χ1) is 14.6. The Bertz CT molecular complexity index is 1020. The van der Waals surface area contributed by atoms with Crippen LogP contribution in [0.2, 0.25) is 0 Å². The Balaban J connectivity index is 1.61. The molecule has 154 valence electrons. The Hall–Kier alpha value is -2.77. The number of aryl methyl sites for hydroxylation is 2. The average molecular weight is 421 g/mol. The van der Waals surface area contributed by atoms with Crippen LogP contribution in [0.5, 0.6) is 0 Å². The maximum atomic E-state index is 12.5. The van der Waals surface area contributed by atoms with Crippen LogP contribution >= 0.6 is 11.8 Å². The second-order valence-corrected chi connectivity index (χ2v) is 8.25. The van der Waals surface area contributed by atoms with Crippen LogP contribution in [0.15, 0.2) is 53.7 Å². The summed E-state index contributed by atoms with van der Waals surface area (Å²) in [5, 5.41) is 9.30. The number of ether oxygens (including phenoxy) is 1. The van der Waals surface area contributed by atoms with Gasteiger partial charge < -0.3 is 9.64 Å². The van der Waals surface area contributed by atoms with Crippen molar-refractivity contribution in [2.24, 2.45) is 0 Å². The fraction of sp³-hybridized carbons (Fsp3) is 0.304. The van der Waals surface area contributed by atoms with Crippen LogP contribution in [0, 0.1) is 13.8 Å². The van der Waals surface area contributed by atoms with Crippen molar-refractivity contribution in [3.05, 3.63) is 59.7 Å². The van der Waals surface area contributed by atoms with E-state index in [1.54, 1.807) is 0 Å². The summed E-state index contributed by atoms with van der Waals surface area (Å²) in [4.78, 5) is 19.1. The van der Waals surface area contributed by atoms with Gasteiger partial charge in [-0.05, 0) is 13.8 Å². The van der Waals surface area contributed by atoms with E-state index in [1.807, 2.05) is 29.2 Å². The van der Waals surface area contributed by atoms with Gasteiger partial charge in [0.05, 0.1) is 19.0 Å². The molecule has 4 rings (SSSR count). The van der Waals surface area contributed by atoms with Crippen LogP contribution in [0.4, 0.5) is 0 Å². The van der Waals surface area contributed by atoms with Crippen LogP contribution in [0.3, 0.4) is 0 Å². The van der Waals surface area contributed by atoms with Gasteiger partial charge in [0.1, 0.15) is 11.4 Å². The largest absolute Gasteiger partial charge is 0.378 e. The van der Waals surface area contributed by atoms with Crippen LogP contribution in [0.25, 0.3) is 22.5 Å². The number of carbonyl (C=O) groups is 1. The first-order valence-electron chi connectivity index (χ1n) is 9.97.